The molecule has 1 aliphatic rings. The number of benzene rings is 1. The molecule has 0 saturated carbocycles. The number of hydrogen-bond acceptors (Lipinski definition) is 8. The van der Waals surface area contributed by atoms with Gasteiger partial charge in [-0.05, 0) is 43.6 Å². The summed E-state index contributed by atoms with van der Waals surface area (Å²) in [6.07, 6.45) is 3.68. The number of piperidine rings is 1. The number of carbonyl (C=O) groups excluding carboxylic acids is 1. The highest BCUT2D eigenvalue weighted by Crippen LogP contribution is 2.26. The van der Waals surface area contributed by atoms with Crippen molar-refractivity contribution in [3.05, 3.63) is 29.8 Å². The van der Waals surface area contributed by atoms with E-state index in [1.54, 1.807) is 7.11 Å². The average molecular weight is 408 g/mol. The average Bonchev–Trinajstić information content (AvgIpc) is 3.13. The summed E-state index contributed by atoms with van der Waals surface area (Å²) in [5.74, 6) is 1.14. The van der Waals surface area contributed by atoms with Crippen LogP contribution < -0.4 is 15.8 Å². The highest BCUT2D eigenvalue weighted by molar-refractivity contribution is 8.01. The van der Waals surface area contributed by atoms with E-state index in [0.717, 1.165) is 18.8 Å². The second-order valence-electron chi connectivity index (χ2n) is 6.38. The third-order valence-corrected chi connectivity index (χ3v) is 6.46. The Balaban J connectivity index is 1.59. The minimum atomic E-state index is -0.00991. The molecule has 1 unspecified atom stereocenters. The Hall–Kier alpha value is -1.84. The van der Waals surface area contributed by atoms with Crippen LogP contribution in [-0.2, 0) is 4.79 Å². The van der Waals surface area contributed by atoms with Gasteiger partial charge in [-0.15, -0.1) is 10.2 Å². The van der Waals surface area contributed by atoms with E-state index in [2.05, 4.69) is 32.5 Å². The fourth-order valence-electron chi connectivity index (χ4n) is 3.18. The van der Waals surface area contributed by atoms with Crippen molar-refractivity contribution in [2.24, 2.45) is 0 Å². The lowest BCUT2D eigenvalue weighted by Gasteiger charge is -2.35. The molecular formula is C18H25N5O2S2. The molecule has 146 valence electrons. The summed E-state index contributed by atoms with van der Waals surface area (Å²) in [6, 6.07) is 8.29. The van der Waals surface area contributed by atoms with E-state index >= 15 is 0 Å². The zero-order valence-corrected chi connectivity index (χ0v) is 17.0. The fourth-order valence-corrected chi connectivity index (χ4v) is 4.65. The van der Waals surface area contributed by atoms with Crippen molar-refractivity contribution in [1.82, 2.24) is 20.4 Å². The maximum absolute atomic E-state index is 12.3. The van der Waals surface area contributed by atoms with E-state index in [4.69, 9.17) is 10.5 Å². The van der Waals surface area contributed by atoms with Gasteiger partial charge in [0.2, 0.25) is 11.0 Å². The van der Waals surface area contributed by atoms with Crippen molar-refractivity contribution in [2.45, 2.75) is 29.6 Å². The Morgan fingerprint density at radius 1 is 1.30 bits per heavy atom. The zero-order valence-electron chi connectivity index (χ0n) is 15.4. The van der Waals surface area contributed by atoms with Gasteiger partial charge in [0.25, 0.3) is 0 Å². The van der Waals surface area contributed by atoms with E-state index in [1.807, 2.05) is 12.1 Å². The number of nitrogens with two attached hydrogens (primary N) is 1. The minimum absolute atomic E-state index is 0.00991. The largest absolute Gasteiger partial charge is 0.497 e. The van der Waals surface area contributed by atoms with Crippen LogP contribution in [0.2, 0.25) is 0 Å². The molecule has 1 aliphatic heterocycles. The van der Waals surface area contributed by atoms with E-state index in [0.29, 0.717) is 21.8 Å². The Kier molecular flexibility index (Phi) is 7.31. The third kappa shape index (κ3) is 5.82. The molecule has 0 bridgehead atoms. The molecule has 2 aromatic rings. The first-order valence-electron chi connectivity index (χ1n) is 9.02. The van der Waals surface area contributed by atoms with Gasteiger partial charge >= 0.3 is 0 Å². The molecule has 27 heavy (non-hydrogen) atoms. The minimum Gasteiger partial charge on any atom is -0.497 e. The summed E-state index contributed by atoms with van der Waals surface area (Å²) in [7, 11) is 1.67. The van der Waals surface area contributed by atoms with Crippen LogP contribution in [0.3, 0.4) is 0 Å². The normalized spacial score (nSPS) is 16.0. The Labute approximate surface area is 167 Å². The lowest BCUT2D eigenvalue weighted by Crippen LogP contribution is -2.41. The fraction of sp³-hybridized carbons (Fsp3) is 0.500. The molecule has 3 N–H and O–H groups in total. The molecular weight excluding hydrogens is 382 g/mol. The summed E-state index contributed by atoms with van der Waals surface area (Å²) in [5.41, 5.74) is 6.76. The molecule has 1 fully saturated rings. The Morgan fingerprint density at radius 2 is 2.04 bits per heavy atom. The maximum atomic E-state index is 12.3. The van der Waals surface area contributed by atoms with Crippen LogP contribution in [0, 0.1) is 0 Å². The zero-order chi connectivity index (χ0) is 19.1. The number of likely N-dealkylation sites (tertiary alicyclic amines) is 1. The van der Waals surface area contributed by atoms with Crippen molar-refractivity contribution in [3.8, 4) is 5.75 Å². The van der Waals surface area contributed by atoms with Crippen LogP contribution in [-0.4, -0.2) is 53.5 Å². The van der Waals surface area contributed by atoms with Crippen molar-refractivity contribution in [1.29, 1.82) is 0 Å². The van der Waals surface area contributed by atoms with E-state index in [1.165, 1.54) is 47.9 Å². The quantitative estimate of drug-likeness (QED) is 0.650. The molecule has 1 amide bonds. The number of ether oxygens (including phenoxy) is 1. The number of aromatic nitrogens is 2. The molecule has 0 radical (unpaired) electrons. The first-order chi connectivity index (χ1) is 13.2. The molecule has 0 aliphatic carbocycles. The van der Waals surface area contributed by atoms with Gasteiger partial charge < -0.3 is 15.8 Å². The van der Waals surface area contributed by atoms with Gasteiger partial charge in [-0.25, -0.2) is 0 Å². The molecule has 0 spiro atoms. The Morgan fingerprint density at radius 3 is 2.67 bits per heavy atom. The van der Waals surface area contributed by atoms with Gasteiger partial charge in [0, 0.05) is 6.54 Å². The number of methoxy groups -OCH3 is 1. The number of thioether (sulfide) groups is 1. The number of rotatable bonds is 8. The van der Waals surface area contributed by atoms with Crippen LogP contribution in [0.25, 0.3) is 0 Å². The SMILES string of the molecule is COc1ccc(C(CNC(=O)CSc2nnc(N)s2)N2CCCCC2)cc1. The molecule has 1 atom stereocenters. The van der Waals surface area contributed by atoms with E-state index in [-0.39, 0.29) is 11.9 Å². The second-order valence-corrected chi connectivity index (χ2v) is 8.62. The van der Waals surface area contributed by atoms with Crippen LogP contribution in [0.1, 0.15) is 30.9 Å². The van der Waals surface area contributed by atoms with Gasteiger partial charge in [-0.1, -0.05) is 41.7 Å². The first kappa shape index (κ1) is 19.9. The van der Waals surface area contributed by atoms with Crippen LogP contribution in [0.15, 0.2) is 28.6 Å². The molecule has 1 aromatic carbocycles. The standard InChI is InChI=1S/C18H25N5O2S2/c1-25-14-7-5-13(6-8-14)15(23-9-3-2-4-10-23)11-20-16(24)12-26-18-22-21-17(19)27-18/h5-8,15H,2-4,9-12H2,1H3,(H2,19,21)(H,20,24). The van der Waals surface area contributed by atoms with Gasteiger partial charge in [0.05, 0.1) is 18.9 Å². The van der Waals surface area contributed by atoms with Gasteiger partial charge in [0.15, 0.2) is 4.34 Å². The summed E-state index contributed by atoms with van der Waals surface area (Å²) >= 11 is 2.66. The first-order valence-corrected chi connectivity index (χ1v) is 10.8. The number of nitrogen functional groups attached to an aromatic ring is 1. The molecule has 7 nitrogen and oxygen atoms in total. The molecule has 9 heteroatoms. The number of amides is 1. The van der Waals surface area contributed by atoms with Crippen LogP contribution >= 0.6 is 23.1 Å². The molecule has 2 heterocycles. The number of nitrogens with zero attached hydrogens (tertiary/aromatic N) is 3. The topological polar surface area (TPSA) is 93.4 Å². The predicted octanol–water partition coefficient (Wildman–Crippen LogP) is 2.56. The van der Waals surface area contributed by atoms with Crippen molar-refractivity contribution >= 4 is 34.1 Å². The summed E-state index contributed by atoms with van der Waals surface area (Å²) in [5, 5.41) is 11.2. The highest BCUT2D eigenvalue weighted by Gasteiger charge is 2.23. The van der Waals surface area contributed by atoms with Crippen molar-refractivity contribution < 1.29 is 9.53 Å². The highest BCUT2D eigenvalue weighted by atomic mass is 32.2. The lowest BCUT2D eigenvalue weighted by atomic mass is 10.0. The van der Waals surface area contributed by atoms with Gasteiger partial charge in [0.1, 0.15) is 5.75 Å². The number of nitrogens with one attached hydrogen (secondary N) is 1. The summed E-state index contributed by atoms with van der Waals surface area (Å²) in [6.45, 7) is 2.71. The van der Waals surface area contributed by atoms with E-state index < -0.39 is 0 Å². The maximum Gasteiger partial charge on any atom is 0.230 e. The molecule has 1 saturated heterocycles. The Bertz CT molecular complexity index is 732. The predicted molar refractivity (Wildman–Crippen MR) is 109 cm³/mol. The van der Waals surface area contributed by atoms with Gasteiger partial charge in [-0.2, -0.15) is 0 Å². The second kappa shape index (κ2) is 9.91. The summed E-state index contributed by atoms with van der Waals surface area (Å²) < 4.78 is 5.98. The third-order valence-electron chi connectivity index (χ3n) is 4.57. The van der Waals surface area contributed by atoms with Crippen LogP contribution in [0.5, 0.6) is 5.75 Å². The van der Waals surface area contributed by atoms with Crippen molar-refractivity contribution in [2.75, 3.05) is 38.2 Å². The molecule has 3 rings (SSSR count). The lowest BCUT2D eigenvalue weighted by molar-refractivity contribution is -0.118. The number of hydrogen-bond donors (Lipinski definition) is 2. The van der Waals surface area contributed by atoms with Crippen molar-refractivity contribution in [3.63, 3.8) is 0 Å². The monoisotopic (exact) mass is 407 g/mol. The number of anilines is 1. The summed E-state index contributed by atoms with van der Waals surface area (Å²) in [4.78, 5) is 14.8. The van der Waals surface area contributed by atoms with E-state index in [9.17, 15) is 4.79 Å². The van der Waals surface area contributed by atoms with Crippen LogP contribution in [0.4, 0.5) is 5.13 Å². The molecule has 1 aromatic heterocycles. The number of carbonyl (C=O) groups is 1. The smallest absolute Gasteiger partial charge is 0.230 e. The van der Waals surface area contributed by atoms with Gasteiger partial charge in [-0.3, -0.25) is 9.69 Å².